The van der Waals surface area contributed by atoms with Gasteiger partial charge < -0.3 is 25.6 Å². The molecule has 0 aliphatic rings. The molecule has 1 unspecified atom stereocenters. The highest BCUT2D eigenvalue weighted by molar-refractivity contribution is 7.47. The molecule has 35 heavy (non-hydrogen) atoms. The molecule has 0 amide bonds. The van der Waals surface area contributed by atoms with E-state index in [1.165, 1.54) is 0 Å². The summed E-state index contributed by atoms with van der Waals surface area (Å²) >= 11 is 0. The molecule has 0 aromatic carbocycles. The molecule has 0 aromatic rings. The number of carboxylic acid groups (broad SMARTS) is 1. The van der Waals surface area contributed by atoms with Crippen molar-refractivity contribution in [2.45, 2.75) is 70.4 Å². The Bertz CT molecular complexity index is 749. The molecule has 0 fully saturated rings. The van der Waals surface area contributed by atoms with Gasteiger partial charge in [0.2, 0.25) is 0 Å². The highest BCUT2D eigenvalue weighted by Gasteiger charge is 2.26. The number of phosphoric ester groups is 1. The lowest BCUT2D eigenvalue weighted by atomic mass is 10.2. The lowest BCUT2D eigenvalue weighted by Gasteiger charge is -2.16. The summed E-state index contributed by atoms with van der Waals surface area (Å²) in [5, 5.41) is 18.3. The third-order valence-electron chi connectivity index (χ3n) is 4.32. The van der Waals surface area contributed by atoms with Gasteiger partial charge in [0.15, 0.2) is 0 Å². The van der Waals surface area contributed by atoms with E-state index in [0.717, 1.165) is 38.5 Å². The van der Waals surface area contributed by atoms with Crippen molar-refractivity contribution in [2.24, 2.45) is 5.73 Å². The van der Waals surface area contributed by atoms with E-state index >= 15 is 0 Å². The maximum absolute atomic E-state index is 11.7. The topological polar surface area (TPSA) is 166 Å². The minimum Gasteiger partial charge on any atom is -0.480 e. The number of unbranched alkanes of at least 4 members (excludes halogenated alkanes) is 2. The van der Waals surface area contributed by atoms with Gasteiger partial charge in [-0.1, -0.05) is 55.5 Å². The van der Waals surface area contributed by atoms with Crippen LogP contribution in [0.5, 0.6) is 0 Å². The van der Waals surface area contributed by atoms with Crippen LogP contribution in [0.25, 0.3) is 0 Å². The van der Waals surface area contributed by atoms with E-state index in [0.29, 0.717) is 6.42 Å². The second-order valence-corrected chi connectivity index (χ2v) is 9.04. The monoisotopic (exact) mass is 517 g/mol. The molecule has 0 saturated heterocycles. The van der Waals surface area contributed by atoms with Crippen LogP contribution in [0.2, 0.25) is 0 Å². The van der Waals surface area contributed by atoms with Gasteiger partial charge in [0, 0.05) is 6.42 Å². The fraction of sp³-hybridized carbons (Fsp3) is 0.583. The fourth-order valence-corrected chi connectivity index (χ4v) is 3.19. The van der Waals surface area contributed by atoms with E-state index in [1.54, 1.807) is 0 Å². The molecular weight excluding hydrogens is 477 g/mol. The molecule has 11 heteroatoms. The van der Waals surface area contributed by atoms with Gasteiger partial charge in [0.25, 0.3) is 0 Å². The Labute approximate surface area is 207 Å². The summed E-state index contributed by atoms with van der Waals surface area (Å²) in [6.07, 6.45) is 22.0. The normalized spacial score (nSPS) is 15.8. The second kappa shape index (κ2) is 21.2. The van der Waals surface area contributed by atoms with Crippen molar-refractivity contribution in [2.75, 3.05) is 19.8 Å². The number of carbonyl (C=O) groups is 2. The number of carbonyl (C=O) groups excluding carboxylic acids is 1. The quantitative estimate of drug-likeness (QED) is 0.0761. The van der Waals surface area contributed by atoms with Crippen molar-refractivity contribution in [1.82, 2.24) is 0 Å². The number of hydrogen-bond donors (Lipinski definition) is 4. The summed E-state index contributed by atoms with van der Waals surface area (Å²) in [4.78, 5) is 31.7. The van der Waals surface area contributed by atoms with Crippen molar-refractivity contribution in [3.8, 4) is 0 Å². The van der Waals surface area contributed by atoms with E-state index < -0.39 is 51.7 Å². The number of carboxylic acids is 1. The fourth-order valence-electron chi connectivity index (χ4n) is 2.40. The molecule has 3 atom stereocenters. The number of aliphatic hydroxyl groups excluding tert-OH is 1. The zero-order valence-corrected chi connectivity index (χ0v) is 21.3. The first kappa shape index (κ1) is 32.9. The zero-order chi connectivity index (χ0) is 26.4. The lowest BCUT2D eigenvalue weighted by molar-refractivity contribution is -0.147. The Balaban J connectivity index is 3.78. The van der Waals surface area contributed by atoms with Crippen LogP contribution in [0.3, 0.4) is 0 Å². The maximum Gasteiger partial charge on any atom is 0.472 e. The van der Waals surface area contributed by atoms with Crippen LogP contribution in [0, 0.1) is 0 Å². The highest BCUT2D eigenvalue weighted by atomic mass is 31.2. The average molecular weight is 518 g/mol. The minimum atomic E-state index is -4.59. The first-order valence-electron chi connectivity index (χ1n) is 11.7. The number of aliphatic carboxylic acids is 1. The van der Waals surface area contributed by atoms with Crippen LogP contribution >= 0.6 is 7.82 Å². The Morgan fingerprint density at radius 2 is 1.43 bits per heavy atom. The van der Waals surface area contributed by atoms with Gasteiger partial charge in [0.05, 0.1) is 13.2 Å². The van der Waals surface area contributed by atoms with E-state index in [2.05, 4.69) is 64.6 Å². The van der Waals surface area contributed by atoms with Crippen molar-refractivity contribution in [3.63, 3.8) is 0 Å². The smallest absolute Gasteiger partial charge is 0.472 e. The second-order valence-electron chi connectivity index (χ2n) is 7.59. The molecule has 0 aliphatic carbocycles. The largest absolute Gasteiger partial charge is 0.480 e. The first-order valence-corrected chi connectivity index (χ1v) is 13.2. The number of nitrogens with two attached hydrogens (primary N) is 1. The average Bonchev–Trinajstić information content (AvgIpc) is 2.82. The highest BCUT2D eigenvalue weighted by Crippen LogP contribution is 2.43. The van der Waals surface area contributed by atoms with E-state index in [4.69, 9.17) is 15.6 Å². The van der Waals surface area contributed by atoms with Crippen LogP contribution < -0.4 is 5.73 Å². The molecule has 0 bridgehead atoms. The van der Waals surface area contributed by atoms with Crippen LogP contribution in [0.4, 0.5) is 0 Å². The van der Waals surface area contributed by atoms with Crippen molar-refractivity contribution in [3.05, 3.63) is 48.6 Å². The molecular formula is C24H40NO9P. The number of hydrogen-bond acceptors (Lipinski definition) is 8. The number of allylic oxidation sites excluding steroid dienone is 8. The van der Waals surface area contributed by atoms with Gasteiger partial charge in [-0.2, -0.15) is 0 Å². The Hall–Kier alpha value is -2.07. The summed E-state index contributed by atoms with van der Waals surface area (Å²) < 4.78 is 25.4. The molecule has 200 valence electrons. The van der Waals surface area contributed by atoms with E-state index in [1.807, 2.05) is 0 Å². The number of aliphatic hydroxyl groups is 1. The SMILES string of the molecule is CC/C=C\C/C=C\C/C=C\C/C=C\CCCCC(=O)OC[C@@H](O)COP(=O)(O)OC[C@H](N)C(=O)O. The minimum absolute atomic E-state index is 0.190. The number of esters is 1. The molecule has 0 spiro atoms. The third kappa shape index (κ3) is 22.2. The summed E-state index contributed by atoms with van der Waals surface area (Å²) in [5.41, 5.74) is 5.15. The van der Waals surface area contributed by atoms with E-state index in [-0.39, 0.29) is 6.42 Å². The van der Waals surface area contributed by atoms with E-state index in [9.17, 15) is 24.2 Å². The van der Waals surface area contributed by atoms with Crippen molar-refractivity contribution in [1.29, 1.82) is 0 Å². The summed E-state index contributed by atoms with van der Waals surface area (Å²) in [5.74, 6) is -1.90. The number of rotatable bonds is 21. The first-order chi connectivity index (χ1) is 16.7. The van der Waals surface area contributed by atoms with Gasteiger partial charge in [-0.05, 0) is 44.9 Å². The number of ether oxygens (including phenoxy) is 1. The molecule has 0 aliphatic heterocycles. The van der Waals surface area contributed by atoms with Crippen LogP contribution in [0.15, 0.2) is 48.6 Å². The summed E-state index contributed by atoms with van der Waals surface area (Å²) in [6, 6.07) is -1.49. The van der Waals surface area contributed by atoms with Gasteiger partial charge in [-0.25, -0.2) is 4.57 Å². The zero-order valence-electron chi connectivity index (χ0n) is 20.4. The molecule has 0 aromatic heterocycles. The molecule has 5 N–H and O–H groups in total. The summed E-state index contributed by atoms with van der Waals surface area (Å²) in [6.45, 7) is 0.318. The predicted molar refractivity (Wildman–Crippen MR) is 133 cm³/mol. The lowest BCUT2D eigenvalue weighted by Crippen LogP contribution is -2.34. The molecule has 0 radical (unpaired) electrons. The predicted octanol–water partition coefficient (Wildman–Crippen LogP) is 3.80. The van der Waals surface area contributed by atoms with Crippen LogP contribution in [-0.4, -0.2) is 59.0 Å². The van der Waals surface area contributed by atoms with Crippen molar-refractivity contribution < 1.29 is 43.0 Å². The molecule has 0 rings (SSSR count). The molecule has 0 saturated carbocycles. The maximum atomic E-state index is 11.7. The van der Waals surface area contributed by atoms with Crippen molar-refractivity contribution >= 4 is 19.8 Å². The summed E-state index contributed by atoms with van der Waals surface area (Å²) in [7, 11) is -4.59. The van der Waals surface area contributed by atoms with Gasteiger partial charge >= 0.3 is 19.8 Å². The molecule has 0 heterocycles. The van der Waals surface area contributed by atoms with Gasteiger partial charge in [-0.3, -0.25) is 18.6 Å². The Kier molecular flexibility index (Phi) is 20.0. The Morgan fingerprint density at radius 3 is 2.00 bits per heavy atom. The number of phosphoric acid groups is 1. The Morgan fingerprint density at radius 1 is 0.886 bits per heavy atom. The molecule has 10 nitrogen and oxygen atoms in total. The van der Waals surface area contributed by atoms with Crippen LogP contribution in [-0.2, 0) is 27.9 Å². The van der Waals surface area contributed by atoms with Gasteiger partial charge in [0.1, 0.15) is 18.8 Å². The third-order valence-corrected chi connectivity index (χ3v) is 5.27. The standard InChI is InChI=1S/C24H40NO9P/c1-2-3-4-5-6-7-8-9-10-11-12-13-14-15-16-17-23(27)32-18-21(26)19-33-35(30,31)34-20-22(25)24(28)29/h3-4,6-7,9-10,12-13,21-22,26H,2,5,8,11,14-20,25H2,1H3,(H,28,29)(H,30,31)/b4-3-,7-6-,10-9-,13-12-/t21-,22+/m1/s1. The van der Waals surface area contributed by atoms with Gasteiger partial charge in [-0.15, -0.1) is 0 Å². The van der Waals surface area contributed by atoms with Crippen LogP contribution in [0.1, 0.15) is 58.3 Å².